The van der Waals surface area contributed by atoms with E-state index in [1.807, 2.05) is 42.6 Å². The van der Waals surface area contributed by atoms with Crippen molar-refractivity contribution in [2.45, 2.75) is 5.92 Å². The van der Waals surface area contributed by atoms with Crippen molar-refractivity contribution in [1.82, 2.24) is 10.3 Å². The van der Waals surface area contributed by atoms with Crippen molar-refractivity contribution in [3.05, 3.63) is 100 Å². The molecule has 0 aliphatic carbocycles. The van der Waals surface area contributed by atoms with Crippen molar-refractivity contribution in [3.8, 4) is 5.75 Å². The molecule has 146 valence electrons. The lowest BCUT2D eigenvalue weighted by Gasteiger charge is -2.19. The molecule has 0 spiro atoms. The highest BCUT2D eigenvalue weighted by Crippen LogP contribution is 2.31. The lowest BCUT2D eigenvalue weighted by molar-refractivity contribution is 0.0949. The highest BCUT2D eigenvalue weighted by Gasteiger charge is 2.20. The maximum atomic E-state index is 12.8. The summed E-state index contributed by atoms with van der Waals surface area (Å²) in [5.41, 5.74) is 3.91. The molecule has 2 N–H and O–H groups in total. The third kappa shape index (κ3) is 4.05. The molecule has 3 aromatic carbocycles. The fourth-order valence-corrected chi connectivity index (χ4v) is 3.87. The number of H-pyrrole nitrogens is 1. The summed E-state index contributed by atoms with van der Waals surface area (Å²) in [4.78, 5) is 16.2. The van der Waals surface area contributed by atoms with Gasteiger partial charge in [0.1, 0.15) is 5.75 Å². The number of para-hydroxylation sites is 2. The molecule has 5 heteroatoms. The Morgan fingerprint density at radius 3 is 2.55 bits per heavy atom. The van der Waals surface area contributed by atoms with Crippen LogP contribution in [0.3, 0.4) is 0 Å². The molecule has 1 unspecified atom stereocenters. The Kier molecular flexibility index (Phi) is 5.67. The summed E-state index contributed by atoms with van der Waals surface area (Å²) in [5, 5.41) is 4.25. The summed E-state index contributed by atoms with van der Waals surface area (Å²) >= 11 is 3.50. The first kappa shape index (κ1) is 19.3. The Morgan fingerprint density at radius 1 is 1.03 bits per heavy atom. The van der Waals surface area contributed by atoms with Gasteiger partial charge in [0.15, 0.2) is 0 Å². The topological polar surface area (TPSA) is 54.1 Å². The molecule has 0 fully saturated rings. The van der Waals surface area contributed by atoms with Crippen LogP contribution in [0.2, 0.25) is 0 Å². The van der Waals surface area contributed by atoms with Crippen LogP contribution >= 0.6 is 15.9 Å². The number of methoxy groups -OCH3 is 1. The zero-order valence-corrected chi connectivity index (χ0v) is 17.6. The van der Waals surface area contributed by atoms with Gasteiger partial charge in [-0.25, -0.2) is 0 Å². The molecule has 4 aromatic rings. The van der Waals surface area contributed by atoms with Crippen molar-refractivity contribution >= 4 is 32.7 Å². The van der Waals surface area contributed by atoms with E-state index in [0.29, 0.717) is 17.9 Å². The Hall–Kier alpha value is -3.05. The molecule has 0 radical (unpaired) electrons. The molecular weight excluding hydrogens is 428 g/mol. The molecule has 4 nitrogen and oxygen atoms in total. The minimum Gasteiger partial charge on any atom is -0.496 e. The average molecular weight is 449 g/mol. The smallest absolute Gasteiger partial charge is 0.255 e. The highest BCUT2D eigenvalue weighted by molar-refractivity contribution is 9.10. The van der Waals surface area contributed by atoms with E-state index < -0.39 is 0 Å². The molecule has 1 amide bonds. The maximum Gasteiger partial charge on any atom is 0.255 e. The van der Waals surface area contributed by atoms with Crippen LogP contribution in [0.15, 0.2) is 83.5 Å². The fourth-order valence-electron chi connectivity index (χ4n) is 3.61. The van der Waals surface area contributed by atoms with Crippen LogP contribution in [-0.4, -0.2) is 24.5 Å². The monoisotopic (exact) mass is 448 g/mol. The van der Waals surface area contributed by atoms with E-state index in [0.717, 1.165) is 26.5 Å². The van der Waals surface area contributed by atoms with E-state index in [1.165, 1.54) is 0 Å². The maximum absolute atomic E-state index is 12.8. The van der Waals surface area contributed by atoms with Crippen LogP contribution in [-0.2, 0) is 0 Å². The lowest BCUT2D eigenvalue weighted by Crippen LogP contribution is -2.29. The molecule has 29 heavy (non-hydrogen) atoms. The van der Waals surface area contributed by atoms with Crippen LogP contribution in [0.5, 0.6) is 5.75 Å². The summed E-state index contributed by atoms with van der Waals surface area (Å²) in [6.45, 7) is 0.473. The summed E-state index contributed by atoms with van der Waals surface area (Å²) in [5.74, 6) is 0.430. The van der Waals surface area contributed by atoms with Crippen LogP contribution < -0.4 is 10.1 Å². The summed E-state index contributed by atoms with van der Waals surface area (Å²) in [6, 6.07) is 23.7. The van der Waals surface area contributed by atoms with E-state index >= 15 is 0 Å². The van der Waals surface area contributed by atoms with Crippen molar-refractivity contribution < 1.29 is 9.53 Å². The standard InChI is InChI=1S/C24H21BrN2O2/c1-29-23-9-5-3-7-19(23)24(28)27-14-20(16-10-12-17(25)13-11-16)21-15-26-22-8-4-2-6-18(21)22/h2-13,15,20,26H,14H2,1H3,(H,27,28). The van der Waals surface area contributed by atoms with Crippen molar-refractivity contribution in [3.63, 3.8) is 0 Å². The van der Waals surface area contributed by atoms with Gasteiger partial charge in [0, 0.05) is 34.0 Å². The Balaban J connectivity index is 1.66. The Labute approximate surface area is 178 Å². The first-order chi connectivity index (χ1) is 14.2. The van der Waals surface area contributed by atoms with Crippen LogP contribution in [0, 0.1) is 0 Å². The van der Waals surface area contributed by atoms with E-state index in [-0.39, 0.29) is 11.8 Å². The fraction of sp³-hybridized carbons (Fsp3) is 0.125. The molecular formula is C24H21BrN2O2. The highest BCUT2D eigenvalue weighted by atomic mass is 79.9. The van der Waals surface area contributed by atoms with Gasteiger partial charge >= 0.3 is 0 Å². The minimum absolute atomic E-state index is 0.0120. The number of halogens is 1. The van der Waals surface area contributed by atoms with Gasteiger partial charge in [-0.05, 0) is 41.5 Å². The number of carbonyl (C=O) groups is 1. The molecule has 0 aliphatic rings. The van der Waals surface area contributed by atoms with E-state index in [1.54, 1.807) is 19.2 Å². The van der Waals surface area contributed by atoms with Crippen LogP contribution in [0.1, 0.15) is 27.4 Å². The van der Waals surface area contributed by atoms with E-state index in [2.05, 4.69) is 50.5 Å². The number of aromatic amines is 1. The number of benzene rings is 3. The summed E-state index contributed by atoms with van der Waals surface area (Å²) in [6.07, 6.45) is 2.03. The van der Waals surface area contributed by atoms with Crippen molar-refractivity contribution in [2.24, 2.45) is 0 Å². The molecule has 1 aromatic heterocycles. The number of rotatable bonds is 6. The number of nitrogens with one attached hydrogen (secondary N) is 2. The third-order valence-electron chi connectivity index (χ3n) is 5.09. The first-order valence-electron chi connectivity index (χ1n) is 9.40. The van der Waals surface area contributed by atoms with Gasteiger partial charge < -0.3 is 15.0 Å². The largest absolute Gasteiger partial charge is 0.496 e. The van der Waals surface area contributed by atoms with Gasteiger partial charge in [0.2, 0.25) is 0 Å². The van der Waals surface area contributed by atoms with Gasteiger partial charge in [-0.15, -0.1) is 0 Å². The number of ether oxygens (including phenoxy) is 1. The van der Waals surface area contributed by atoms with Gasteiger partial charge in [-0.3, -0.25) is 4.79 Å². The molecule has 0 bridgehead atoms. The van der Waals surface area contributed by atoms with Gasteiger partial charge in [-0.2, -0.15) is 0 Å². The lowest BCUT2D eigenvalue weighted by atomic mass is 9.91. The second kappa shape index (κ2) is 8.53. The molecule has 0 aliphatic heterocycles. The number of carbonyl (C=O) groups excluding carboxylic acids is 1. The van der Waals surface area contributed by atoms with Crippen molar-refractivity contribution in [1.29, 1.82) is 0 Å². The van der Waals surface area contributed by atoms with Crippen LogP contribution in [0.4, 0.5) is 0 Å². The Bertz CT molecular complexity index is 1140. The minimum atomic E-state index is -0.149. The van der Waals surface area contributed by atoms with Crippen LogP contribution in [0.25, 0.3) is 10.9 Å². The number of hydrogen-bond acceptors (Lipinski definition) is 2. The molecule has 1 atom stereocenters. The van der Waals surface area contributed by atoms with Gasteiger partial charge in [0.25, 0.3) is 5.91 Å². The zero-order valence-electron chi connectivity index (χ0n) is 16.0. The summed E-state index contributed by atoms with van der Waals surface area (Å²) < 4.78 is 6.35. The molecule has 1 heterocycles. The zero-order chi connectivity index (χ0) is 20.2. The van der Waals surface area contributed by atoms with Gasteiger partial charge in [-0.1, -0.05) is 58.4 Å². The molecule has 4 rings (SSSR count). The van der Waals surface area contributed by atoms with Gasteiger partial charge in [0.05, 0.1) is 12.7 Å². The average Bonchev–Trinajstić information content (AvgIpc) is 3.19. The normalized spacial score (nSPS) is 11.9. The predicted molar refractivity (Wildman–Crippen MR) is 120 cm³/mol. The molecule has 0 saturated heterocycles. The second-order valence-electron chi connectivity index (χ2n) is 6.80. The number of aromatic nitrogens is 1. The predicted octanol–water partition coefficient (Wildman–Crippen LogP) is 5.50. The Morgan fingerprint density at radius 2 is 1.76 bits per heavy atom. The first-order valence-corrected chi connectivity index (χ1v) is 10.2. The third-order valence-corrected chi connectivity index (χ3v) is 5.62. The van der Waals surface area contributed by atoms with E-state index in [9.17, 15) is 4.79 Å². The quantitative estimate of drug-likeness (QED) is 0.409. The SMILES string of the molecule is COc1ccccc1C(=O)NCC(c1ccc(Br)cc1)c1c[nH]c2ccccc12. The number of hydrogen-bond donors (Lipinski definition) is 2. The van der Waals surface area contributed by atoms with Crippen molar-refractivity contribution in [2.75, 3.05) is 13.7 Å². The number of fused-ring (bicyclic) bond motifs is 1. The second-order valence-corrected chi connectivity index (χ2v) is 7.72. The van der Waals surface area contributed by atoms with E-state index in [4.69, 9.17) is 4.74 Å². The number of amides is 1. The summed E-state index contributed by atoms with van der Waals surface area (Å²) in [7, 11) is 1.57. The molecule has 0 saturated carbocycles.